The molecule has 0 unspecified atom stereocenters. The van der Waals surface area contributed by atoms with Crippen LogP contribution in [0, 0.1) is 0 Å². The first kappa shape index (κ1) is 19.6. The molecule has 0 bridgehead atoms. The Labute approximate surface area is 177 Å². The zero-order valence-corrected chi connectivity index (χ0v) is 16.4. The van der Waals surface area contributed by atoms with Gasteiger partial charge in [-0.3, -0.25) is 20.1 Å². The van der Waals surface area contributed by atoms with Crippen molar-refractivity contribution in [3.8, 4) is 11.4 Å². The largest absolute Gasteiger partial charge is 0.417 e. The van der Waals surface area contributed by atoms with E-state index >= 15 is 0 Å². The Bertz CT molecular complexity index is 1520. The van der Waals surface area contributed by atoms with Crippen LogP contribution < -0.4 is 16.2 Å². The summed E-state index contributed by atoms with van der Waals surface area (Å²) in [6.45, 7) is 0. The SMILES string of the molecule is CNc1cnc(-c2ccc3[nH][nH]c(=O)c3c2C(F)(F)F)nc1Nc1n[nH]c2ccccc12. The predicted molar refractivity (Wildman–Crippen MR) is 114 cm³/mol. The molecule has 3 heterocycles. The molecule has 0 aliphatic heterocycles. The molecule has 5 rings (SSSR count). The Hall–Kier alpha value is -4.35. The zero-order valence-electron chi connectivity index (χ0n) is 16.4. The molecule has 5 N–H and O–H groups in total. The highest BCUT2D eigenvalue weighted by molar-refractivity contribution is 5.92. The summed E-state index contributed by atoms with van der Waals surface area (Å²) in [4.78, 5) is 20.5. The molecule has 0 aliphatic rings. The number of H-pyrrole nitrogens is 3. The lowest BCUT2D eigenvalue weighted by Crippen LogP contribution is -2.13. The van der Waals surface area contributed by atoms with Crippen molar-refractivity contribution in [2.75, 3.05) is 17.7 Å². The van der Waals surface area contributed by atoms with E-state index in [0.717, 1.165) is 10.9 Å². The van der Waals surface area contributed by atoms with Crippen LogP contribution in [0.4, 0.5) is 30.5 Å². The summed E-state index contributed by atoms with van der Waals surface area (Å²) in [6.07, 6.45) is -3.44. The Balaban J connectivity index is 1.68. The normalized spacial score (nSPS) is 11.9. The Morgan fingerprint density at radius 3 is 2.59 bits per heavy atom. The molecule has 0 aliphatic carbocycles. The average Bonchev–Trinajstić information content (AvgIpc) is 3.36. The second-order valence-corrected chi connectivity index (χ2v) is 6.94. The van der Waals surface area contributed by atoms with E-state index in [2.05, 4.69) is 41.0 Å². The van der Waals surface area contributed by atoms with Crippen molar-refractivity contribution in [2.45, 2.75) is 6.18 Å². The minimum absolute atomic E-state index is 0.0410. The number of alkyl halides is 3. The van der Waals surface area contributed by atoms with Gasteiger partial charge in [0.25, 0.3) is 5.56 Å². The lowest BCUT2D eigenvalue weighted by Gasteiger charge is -2.15. The van der Waals surface area contributed by atoms with Gasteiger partial charge in [0.1, 0.15) is 0 Å². The monoisotopic (exact) mass is 440 g/mol. The molecular weight excluding hydrogens is 425 g/mol. The van der Waals surface area contributed by atoms with Gasteiger partial charge in [-0.1, -0.05) is 12.1 Å². The summed E-state index contributed by atoms with van der Waals surface area (Å²) < 4.78 is 41.9. The van der Waals surface area contributed by atoms with Crippen molar-refractivity contribution in [2.24, 2.45) is 0 Å². The number of anilines is 3. The first-order chi connectivity index (χ1) is 15.4. The number of para-hydroxylation sites is 1. The Morgan fingerprint density at radius 1 is 1.00 bits per heavy atom. The van der Waals surface area contributed by atoms with Crippen LogP contribution in [-0.2, 0) is 6.18 Å². The summed E-state index contributed by atoms with van der Waals surface area (Å²) in [5.41, 5.74) is -1.01. The number of hydrogen-bond acceptors (Lipinski definition) is 6. The number of nitrogens with zero attached hydrogens (tertiary/aromatic N) is 3. The van der Waals surface area contributed by atoms with Gasteiger partial charge < -0.3 is 10.6 Å². The van der Waals surface area contributed by atoms with Crippen molar-refractivity contribution >= 4 is 39.1 Å². The van der Waals surface area contributed by atoms with Gasteiger partial charge in [-0.05, 0) is 24.3 Å². The Morgan fingerprint density at radius 2 is 1.81 bits per heavy atom. The second kappa shape index (κ2) is 7.11. The van der Waals surface area contributed by atoms with Gasteiger partial charge in [0.2, 0.25) is 0 Å². The van der Waals surface area contributed by atoms with E-state index in [9.17, 15) is 18.0 Å². The summed E-state index contributed by atoms with van der Waals surface area (Å²) in [5, 5.41) is 18.0. The fraction of sp³-hybridized carbons (Fsp3) is 0.100. The predicted octanol–water partition coefficient (Wildman–Crippen LogP) is 3.99. The number of aromatic nitrogens is 6. The molecule has 32 heavy (non-hydrogen) atoms. The topological polar surface area (TPSA) is 127 Å². The van der Waals surface area contributed by atoms with Gasteiger partial charge in [0, 0.05) is 18.0 Å². The fourth-order valence-corrected chi connectivity index (χ4v) is 3.57. The van der Waals surface area contributed by atoms with E-state index in [0.29, 0.717) is 11.5 Å². The lowest BCUT2D eigenvalue weighted by atomic mass is 10.0. The van der Waals surface area contributed by atoms with Crippen LogP contribution >= 0.6 is 0 Å². The van der Waals surface area contributed by atoms with Crippen molar-refractivity contribution in [3.63, 3.8) is 0 Å². The minimum Gasteiger partial charge on any atom is -0.384 e. The van der Waals surface area contributed by atoms with Crippen molar-refractivity contribution in [3.05, 3.63) is 58.5 Å². The maximum Gasteiger partial charge on any atom is 0.417 e. The van der Waals surface area contributed by atoms with Crippen LogP contribution in [0.2, 0.25) is 0 Å². The van der Waals surface area contributed by atoms with E-state index in [1.807, 2.05) is 24.3 Å². The number of aromatic amines is 3. The van der Waals surface area contributed by atoms with E-state index in [1.54, 1.807) is 7.05 Å². The zero-order chi connectivity index (χ0) is 22.5. The van der Waals surface area contributed by atoms with Crippen LogP contribution in [-0.4, -0.2) is 37.4 Å². The van der Waals surface area contributed by atoms with Crippen molar-refractivity contribution in [1.29, 1.82) is 0 Å². The minimum atomic E-state index is -4.80. The van der Waals surface area contributed by atoms with E-state index in [-0.39, 0.29) is 22.7 Å². The van der Waals surface area contributed by atoms with Gasteiger partial charge in [-0.2, -0.15) is 18.3 Å². The van der Waals surface area contributed by atoms with Crippen LogP contribution in [0.15, 0.2) is 47.4 Å². The molecule has 0 amide bonds. The highest BCUT2D eigenvalue weighted by Crippen LogP contribution is 2.40. The molecule has 3 aromatic heterocycles. The maximum atomic E-state index is 14.0. The highest BCUT2D eigenvalue weighted by Gasteiger charge is 2.38. The van der Waals surface area contributed by atoms with Gasteiger partial charge in [-0.15, -0.1) is 0 Å². The molecule has 9 nitrogen and oxygen atoms in total. The summed E-state index contributed by atoms with van der Waals surface area (Å²) in [7, 11) is 1.64. The molecule has 5 aromatic rings. The molecule has 0 fully saturated rings. The average molecular weight is 440 g/mol. The maximum absolute atomic E-state index is 14.0. The van der Waals surface area contributed by atoms with Crippen LogP contribution in [0.25, 0.3) is 33.2 Å². The fourth-order valence-electron chi connectivity index (χ4n) is 3.57. The molecule has 162 valence electrons. The number of halogens is 3. The number of benzene rings is 2. The number of hydrogen-bond donors (Lipinski definition) is 5. The smallest absolute Gasteiger partial charge is 0.384 e. The summed E-state index contributed by atoms with van der Waals surface area (Å²) in [6, 6.07) is 9.99. The number of nitrogens with one attached hydrogen (secondary N) is 5. The molecule has 0 saturated heterocycles. The second-order valence-electron chi connectivity index (χ2n) is 6.94. The molecule has 0 spiro atoms. The standard InChI is InChI=1S/C20H15F3N8O/c1-24-13-8-25-16(26-18(13)27-17-9-4-2-3-5-11(9)28-30-17)10-6-7-12-14(19(32)31-29-12)15(10)20(21,22)23/h2-8,24H,1H3,(H2,29,31,32)(H2,25,26,27,28,30). The molecule has 0 saturated carbocycles. The first-order valence-electron chi connectivity index (χ1n) is 9.42. The molecule has 2 aromatic carbocycles. The third-order valence-corrected chi connectivity index (χ3v) is 5.03. The van der Waals surface area contributed by atoms with Crippen LogP contribution in [0.3, 0.4) is 0 Å². The van der Waals surface area contributed by atoms with Crippen molar-refractivity contribution < 1.29 is 13.2 Å². The molecular formula is C20H15F3N8O. The molecule has 0 radical (unpaired) electrons. The van der Waals surface area contributed by atoms with Crippen molar-refractivity contribution in [1.82, 2.24) is 30.4 Å². The number of rotatable bonds is 4. The van der Waals surface area contributed by atoms with E-state index < -0.39 is 22.7 Å². The van der Waals surface area contributed by atoms with Crippen LogP contribution in [0.5, 0.6) is 0 Å². The van der Waals surface area contributed by atoms with Gasteiger partial charge in [0.05, 0.1) is 33.9 Å². The molecule has 0 atom stereocenters. The first-order valence-corrected chi connectivity index (χ1v) is 9.42. The third-order valence-electron chi connectivity index (χ3n) is 5.03. The third kappa shape index (κ3) is 3.12. The summed E-state index contributed by atoms with van der Waals surface area (Å²) >= 11 is 0. The van der Waals surface area contributed by atoms with Gasteiger partial charge >= 0.3 is 6.18 Å². The highest BCUT2D eigenvalue weighted by atomic mass is 19.4. The molecule has 12 heteroatoms. The number of fused-ring (bicyclic) bond motifs is 2. The van der Waals surface area contributed by atoms with E-state index in [4.69, 9.17) is 0 Å². The van der Waals surface area contributed by atoms with E-state index in [1.165, 1.54) is 18.3 Å². The van der Waals surface area contributed by atoms with Gasteiger partial charge in [0.15, 0.2) is 17.5 Å². The van der Waals surface area contributed by atoms with Crippen LogP contribution in [0.1, 0.15) is 5.56 Å². The summed E-state index contributed by atoms with van der Waals surface area (Å²) in [5.74, 6) is 0.488. The Kier molecular flexibility index (Phi) is 4.36. The van der Waals surface area contributed by atoms with Gasteiger partial charge in [-0.25, -0.2) is 9.97 Å². The lowest BCUT2D eigenvalue weighted by molar-refractivity contribution is -0.135. The quantitative estimate of drug-likeness (QED) is 0.288.